The first kappa shape index (κ1) is 27.3. The van der Waals surface area contributed by atoms with Crippen molar-refractivity contribution in [2.45, 2.75) is 45.3 Å². The number of thiazole rings is 1. The third-order valence-corrected chi connectivity index (χ3v) is 7.36. The van der Waals surface area contributed by atoms with Crippen molar-refractivity contribution in [2.75, 3.05) is 11.4 Å². The summed E-state index contributed by atoms with van der Waals surface area (Å²) in [5.41, 5.74) is 1.27. The molecule has 0 atom stereocenters. The Morgan fingerprint density at radius 3 is 2.26 bits per heavy atom. The van der Waals surface area contributed by atoms with Crippen LogP contribution in [0.2, 0.25) is 0 Å². The minimum atomic E-state index is -3.07. The van der Waals surface area contributed by atoms with Gasteiger partial charge in [-0.25, -0.2) is 9.78 Å². The van der Waals surface area contributed by atoms with Gasteiger partial charge in [-0.1, -0.05) is 66.4 Å². The van der Waals surface area contributed by atoms with E-state index >= 15 is 0 Å². The highest BCUT2D eigenvalue weighted by Crippen LogP contribution is 2.35. The van der Waals surface area contributed by atoms with E-state index < -0.39 is 17.5 Å². The molecule has 3 aromatic carbocycles. The Kier molecular flexibility index (Phi) is 7.83. The van der Waals surface area contributed by atoms with Crippen LogP contribution in [-0.4, -0.2) is 28.2 Å². The predicted molar refractivity (Wildman–Crippen MR) is 148 cm³/mol. The number of alkyl halides is 2. The van der Waals surface area contributed by atoms with Crippen molar-refractivity contribution in [1.29, 1.82) is 0 Å². The maximum absolute atomic E-state index is 14.4. The molecule has 0 spiro atoms. The van der Waals surface area contributed by atoms with E-state index in [1.54, 1.807) is 35.6 Å². The molecule has 8 heteroatoms. The zero-order valence-corrected chi connectivity index (χ0v) is 22.4. The molecule has 0 unspecified atom stereocenters. The van der Waals surface area contributed by atoms with Crippen LogP contribution in [0.5, 0.6) is 5.75 Å². The summed E-state index contributed by atoms with van der Waals surface area (Å²) in [6.07, 6.45) is 0.699. The van der Waals surface area contributed by atoms with Gasteiger partial charge in [0.1, 0.15) is 5.75 Å². The number of allylic oxidation sites excluding steroid dienone is 1. The fourth-order valence-corrected chi connectivity index (χ4v) is 4.84. The van der Waals surface area contributed by atoms with Gasteiger partial charge in [-0.3, -0.25) is 0 Å². The summed E-state index contributed by atoms with van der Waals surface area (Å²) < 4.78 is 35.4. The average Bonchev–Trinajstić information content (AvgIpc) is 3.31. The summed E-state index contributed by atoms with van der Waals surface area (Å²) in [5, 5.41) is 10.1. The molecule has 4 rings (SSSR count). The van der Waals surface area contributed by atoms with Crippen LogP contribution >= 0.6 is 11.3 Å². The molecule has 4 aromatic rings. The summed E-state index contributed by atoms with van der Waals surface area (Å²) >= 11 is 1.59. The molecule has 5 nitrogen and oxygen atoms in total. The number of aromatic nitrogens is 1. The summed E-state index contributed by atoms with van der Waals surface area (Å²) in [5.74, 6) is -3.62. The van der Waals surface area contributed by atoms with Crippen molar-refractivity contribution in [2.24, 2.45) is 0 Å². The zero-order chi connectivity index (χ0) is 27.5. The van der Waals surface area contributed by atoms with Crippen molar-refractivity contribution in [3.63, 3.8) is 0 Å². The van der Waals surface area contributed by atoms with Gasteiger partial charge in [0.2, 0.25) is 0 Å². The van der Waals surface area contributed by atoms with Crippen LogP contribution in [0.4, 0.5) is 13.9 Å². The number of ether oxygens (including phenoxy) is 1. The summed E-state index contributed by atoms with van der Waals surface area (Å²) in [6.45, 7) is 8.91. The number of nitrogens with zero attached hydrogens (tertiary/aromatic N) is 2. The zero-order valence-electron chi connectivity index (χ0n) is 21.6. The van der Waals surface area contributed by atoms with Gasteiger partial charge in [-0.15, -0.1) is 0 Å². The average molecular weight is 537 g/mol. The van der Waals surface area contributed by atoms with E-state index in [1.165, 1.54) is 32.9 Å². The van der Waals surface area contributed by atoms with Gasteiger partial charge in [0.15, 0.2) is 10.7 Å². The molecule has 0 aliphatic carbocycles. The maximum atomic E-state index is 14.4. The standard InChI is InChI=1S/C30H30F2N2O3S/c1-20(2)30(31,32)23-13-9-22(10-14-23)19-34(28-33-25-7-5-6-8-26(25)38-28)18-17-21-11-15-24(16-12-21)37-29(3,4)27(35)36/h5-16H,1,17-19H2,2-4H3,(H,35,36). The molecule has 0 saturated carbocycles. The summed E-state index contributed by atoms with van der Waals surface area (Å²) in [7, 11) is 0. The Hall–Kier alpha value is -3.78. The maximum Gasteiger partial charge on any atom is 0.347 e. The Labute approximate surface area is 225 Å². The number of hydrogen-bond acceptors (Lipinski definition) is 5. The van der Waals surface area contributed by atoms with Crippen molar-refractivity contribution in [1.82, 2.24) is 4.98 Å². The van der Waals surface area contributed by atoms with Crippen LogP contribution in [0.1, 0.15) is 37.5 Å². The highest BCUT2D eigenvalue weighted by atomic mass is 32.1. The Morgan fingerprint density at radius 1 is 1.03 bits per heavy atom. The predicted octanol–water partition coefficient (Wildman–Crippen LogP) is 7.46. The highest BCUT2D eigenvalue weighted by molar-refractivity contribution is 7.22. The van der Waals surface area contributed by atoms with Crippen molar-refractivity contribution < 1.29 is 23.4 Å². The number of hydrogen-bond donors (Lipinski definition) is 1. The molecule has 1 aromatic heterocycles. The molecule has 1 N–H and O–H groups in total. The number of aliphatic carboxylic acids is 1. The molecular weight excluding hydrogens is 506 g/mol. The second-order valence-corrected chi connectivity index (χ2v) is 10.8. The third kappa shape index (κ3) is 6.19. The quantitative estimate of drug-likeness (QED) is 0.202. The first-order valence-electron chi connectivity index (χ1n) is 12.2. The monoisotopic (exact) mass is 536 g/mol. The molecule has 0 fully saturated rings. The number of benzene rings is 3. The molecule has 38 heavy (non-hydrogen) atoms. The third-order valence-electron chi connectivity index (χ3n) is 6.26. The number of para-hydroxylation sites is 1. The number of carboxylic acid groups (broad SMARTS) is 1. The van der Waals surface area contributed by atoms with Crippen molar-refractivity contribution in [3.8, 4) is 5.75 Å². The van der Waals surface area contributed by atoms with E-state index in [0.717, 1.165) is 26.5 Å². The fourth-order valence-electron chi connectivity index (χ4n) is 3.85. The van der Waals surface area contributed by atoms with Gasteiger partial charge < -0.3 is 14.7 Å². The number of rotatable bonds is 11. The normalized spacial score (nSPS) is 11.9. The molecular formula is C30H30F2N2O3S. The van der Waals surface area contributed by atoms with Gasteiger partial charge in [0.25, 0.3) is 5.92 Å². The Balaban J connectivity index is 1.52. The van der Waals surface area contributed by atoms with E-state index in [0.29, 0.717) is 25.3 Å². The molecule has 0 saturated heterocycles. The highest BCUT2D eigenvalue weighted by Gasteiger charge is 2.32. The lowest BCUT2D eigenvalue weighted by Gasteiger charge is -2.23. The number of carboxylic acids is 1. The summed E-state index contributed by atoms with van der Waals surface area (Å²) in [6, 6.07) is 21.7. The smallest absolute Gasteiger partial charge is 0.347 e. The van der Waals surface area contributed by atoms with Crippen LogP contribution in [-0.2, 0) is 23.7 Å². The van der Waals surface area contributed by atoms with Gasteiger partial charge in [-0.2, -0.15) is 8.78 Å². The minimum Gasteiger partial charge on any atom is -0.478 e. The summed E-state index contributed by atoms with van der Waals surface area (Å²) in [4.78, 5) is 18.3. The largest absolute Gasteiger partial charge is 0.478 e. The Morgan fingerprint density at radius 2 is 1.66 bits per heavy atom. The van der Waals surface area contributed by atoms with E-state index in [2.05, 4.69) is 11.5 Å². The molecule has 0 aliphatic heterocycles. The van der Waals surface area contributed by atoms with E-state index in [-0.39, 0.29) is 11.1 Å². The lowest BCUT2D eigenvalue weighted by Crippen LogP contribution is -2.37. The molecule has 0 aliphatic rings. The Bertz CT molecular complexity index is 1400. The SMILES string of the molecule is C=C(C)C(F)(F)c1ccc(CN(CCc2ccc(OC(C)(C)C(=O)O)cc2)c2nc3ccccc3s2)cc1. The molecule has 0 radical (unpaired) electrons. The van der Waals surface area contributed by atoms with Crippen LogP contribution < -0.4 is 9.64 Å². The van der Waals surface area contributed by atoms with Crippen LogP contribution in [0, 0.1) is 0 Å². The van der Waals surface area contributed by atoms with Gasteiger partial charge in [0.05, 0.1) is 10.2 Å². The van der Waals surface area contributed by atoms with Crippen molar-refractivity contribution >= 4 is 32.7 Å². The molecule has 0 amide bonds. The van der Waals surface area contributed by atoms with Crippen LogP contribution in [0.25, 0.3) is 10.2 Å². The molecule has 0 bridgehead atoms. The fraction of sp³-hybridized carbons (Fsp3) is 0.267. The van der Waals surface area contributed by atoms with Gasteiger partial charge in [-0.05, 0) is 68.2 Å². The van der Waals surface area contributed by atoms with E-state index in [1.807, 2.05) is 36.4 Å². The van der Waals surface area contributed by atoms with Crippen LogP contribution in [0.15, 0.2) is 84.9 Å². The van der Waals surface area contributed by atoms with Gasteiger partial charge >= 0.3 is 5.97 Å². The molecule has 1 heterocycles. The lowest BCUT2D eigenvalue weighted by molar-refractivity contribution is -0.152. The van der Waals surface area contributed by atoms with Crippen molar-refractivity contribution in [3.05, 3.63) is 102 Å². The number of halogens is 2. The number of anilines is 1. The second kappa shape index (κ2) is 10.9. The lowest BCUT2D eigenvalue weighted by atomic mass is 10.0. The van der Waals surface area contributed by atoms with Gasteiger partial charge in [0, 0.05) is 18.7 Å². The second-order valence-electron chi connectivity index (χ2n) is 9.75. The minimum absolute atomic E-state index is 0.0753. The van der Waals surface area contributed by atoms with E-state index in [4.69, 9.17) is 9.72 Å². The van der Waals surface area contributed by atoms with E-state index in [9.17, 15) is 18.7 Å². The first-order chi connectivity index (χ1) is 18.0. The number of carbonyl (C=O) groups is 1. The van der Waals surface area contributed by atoms with Crippen LogP contribution in [0.3, 0.4) is 0 Å². The number of fused-ring (bicyclic) bond motifs is 1. The topological polar surface area (TPSA) is 62.7 Å². The first-order valence-corrected chi connectivity index (χ1v) is 13.0. The molecule has 198 valence electrons.